The Balaban J connectivity index is 2.07. The Bertz CT molecular complexity index is 1190. The summed E-state index contributed by atoms with van der Waals surface area (Å²) in [7, 11) is 1.47. The van der Waals surface area contributed by atoms with Gasteiger partial charge in [-0.15, -0.1) is 0 Å². The van der Waals surface area contributed by atoms with Gasteiger partial charge in [0, 0.05) is 25.0 Å². The molecule has 0 unspecified atom stereocenters. The predicted octanol–water partition coefficient (Wildman–Crippen LogP) is 2.96. The van der Waals surface area contributed by atoms with Crippen LogP contribution in [0.15, 0.2) is 76.6 Å². The van der Waals surface area contributed by atoms with Crippen LogP contribution in [-0.2, 0) is 7.05 Å². The van der Waals surface area contributed by atoms with Gasteiger partial charge < -0.3 is 4.98 Å². The Morgan fingerprint density at radius 3 is 2.36 bits per heavy atom. The lowest BCUT2D eigenvalue weighted by molar-refractivity contribution is 0.781. The fraction of sp³-hybridized carbons (Fsp3) is 0.0500. The summed E-state index contributed by atoms with van der Waals surface area (Å²) in [4.78, 5) is 31.8. The van der Waals surface area contributed by atoms with Crippen LogP contribution < -0.4 is 11.2 Å². The third kappa shape index (κ3) is 2.55. The molecule has 0 spiro atoms. The zero-order valence-electron chi connectivity index (χ0n) is 13.6. The molecule has 2 aromatic carbocycles. The largest absolute Gasteiger partial charge is 0.328 e. The van der Waals surface area contributed by atoms with Crippen LogP contribution >= 0.6 is 0 Å². The van der Waals surface area contributed by atoms with Gasteiger partial charge in [0.15, 0.2) is 0 Å². The molecule has 0 fully saturated rings. The van der Waals surface area contributed by atoms with Crippen molar-refractivity contribution in [2.45, 2.75) is 0 Å². The molecule has 4 aromatic rings. The van der Waals surface area contributed by atoms with E-state index in [1.165, 1.54) is 7.05 Å². The summed E-state index contributed by atoms with van der Waals surface area (Å²) in [6.45, 7) is 0. The van der Waals surface area contributed by atoms with Gasteiger partial charge in [0.1, 0.15) is 0 Å². The minimum Gasteiger partial charge on any atom is -0.306 e. The third-order valence-corrected chi connectivity index (χ3v) is 4.31. The molecule has 2 heterocycles. The molecule has 0 saturated heterocycles. The molecule has 4 rings (SSSR count). The molecule has 5 heteroatoms. The second-order valence-electron chi connectivity index (χ2n) is 5.84. The van der Waals surface area contributed by atoms with Crippen LogP contribution in [0.4, 0.5) is 0 Å². The number of H-pyrrole nitrogens is 1. The van der Waals surface area contributed by atoms with Gasteiger partial charge in [0.05, 0.1) is 11.3 Å². The molecule has 122 valence electrons. The van der Waals surface area contributed by atoms with E-state index in [2.05, 4.69) is 9.97 Å². The Hall–Kier alpha value is -3.47. The number of fused-ring (bicyclic) bond motifs is 1. The van der Waals surface area contributed by atoms with Crippen LogP contribution in [0.5, 0.6) is 0 Å². The molecule has 5 nitrogen and oxygen atoms in total. The maximum atomic E-state index is 12.8. The van der Waals surface area contributed by atoms with Gasteiger partial charge in [-0.05, 0) is 34.5 Å². The van der Waals surface area contributed by atoms with E-state index >= 15 is 0 Å². The number of nitrogens with one attached hydrogen (secondary N) is 1. The van der Waals surface area contributed by atoms with E-state index in [9.17, 15) is 9.59 Å². The SMILES string of the molecule is Cn1c(=O)[nH]c(-c2ccncc2)c(-c2ccc3ccccc3c2)c1=O. The van der Waals surface area contributed by atoms with Crippen LogP contribution in [0.3, 0.4) is 0 Å². The van der Waals surface area contributed by atoms with Gasteiger partial charge in [-0.25, -0.2) is 4.79 Å². The molecule has 0 saturated carbocycles. The maximum Gasteiger partial charge on any atom is 0.328 e. The average Bonchev–Trinajstić information content (AvgIpc) is 2.66. The fourth-order valence-electron chi connectivity index (χ4n) is 2.97. The predicted molar refractivity (Wildman–Crippen MR) is 98.5 cm³/mol. The van der Waals surface area contributed by atoms with Crippen LogP contribution in [0.25, 0.3) is 33.2 Å². The van der Waals surface area contributed by atoms with E-state index in [-0.39, 0.29) is 5.56 Å². The highest BCUT2D eigenvalue weighted by atomic mass is 16.2. The molecular weight excluding hydrogens is 314 g/mol. The topological polar surface area (TPSA) is 67.8 Å². The first-order valence-electron chi connectivity index (χ1n) is 7.88. The van der Waals surface area contributed by atoms with Crippen LogP contribution in [0, 0.1) is 0 Å². The van der Waals surface area contributed by atoms with Gasteiger partial charge >= 0.3 is 5.69 Å². The number of nitrogens with zero attached hydrogens (tertiary/aromatic N) is 2. The van der Waals surface area contributed by atoms with Crippen LogP contribution in [0.1, 0.15) is 0 Å². The summed E-state index contributed by atoms with van der Waals surface area (Å²) in [6, 6.07) is 17.4. The highest BCUT2D eigenvalue weighted by molar-refractivity contribution is 5.90. The van der Waals surface area contributed by atoms with Crippen molar-refractivity contribution in [3.05, 3.63) is 87.8 Å². The first-order valence-corrected chi connectivity index (χ1v) is 7.88. The van der Waals surface area contributed by atoms with Crippen molar-refractivity contribution in [3.8, 4) is 22.4 Å². The second-order valence-corrected chi connectivity index (χ2v) is 5.84. The number of pyridine rings is 1. The van der Waals surface area contributed by atoms with Gasteiger partial charge in [0.2, 0.25) is 0 Å². The van der Waals surface area contributed by atoms with E-state index in [0.29, 0.717) is 11.3 Å². The van der Waals surface area contributed by atoms with Crippen LogP contribution in [0.2, 0.25) is 0 Å². The number of rotatable bonds is 2. The monoisotopic (exact) mass is 329 g/mol. The minimum atomic E-state index is -0.443. The molecule has 0 aliphatic heterocycles. The number of hydrogen-bond donors (Lipinski definition) is 1. The molecule has 0 aliphatic rings. The van der Waals surface area contributed by atoms with Crippen molar-refractivity contribution in [1.29, 1.82) is 0 Å². The Kier molecular flexibility index (Phi) is 3.54. The van der Waals surface area contributed by atoms with Gasteiger partial charge in [-0.1, -0.05) is 36.4 Å². The molecule has 1 N–H and O–H groups in total. The standard InChI is InChI=1S/C20H15N3O2/c1-23-19(24)17(16-7-6-13-4-2-3-5-15(13)12-16)18(22-20(23)25)14-8-10-21-11-9-14/h2-12H,1H3,(H,22,25). The number of aromatic amines is 1. The molecule has 2 aromatic heterocycles. The van der Waals surface area contributed by atoms with Crippen molar-refractivity contribution in [1.82, 2.24) is 14.5 Å². The van der Waals surface area contributed by atoms with Gasteiger partial charge in [0.25, 0.3) is 5.56 Å². The van der Waals surface area contributed by atoms with Crippen molar-refractivity contribution in [2.24, 2.45) is 7.05 Å². The highest BCUT2D eigenvalue weighted by Crippen LogP contribution is 2.28. The quantitative estimate of drug-likeness (QED) is 0.615. The van der Waals surface area contributed by atoms with Crippen LogP contribution in [-0.4, -0.2) is 14.5 Å². The summed E-state index contributed by atoms with van der Waals surface area (Å²) in [5.74, 6) is 0. The minimum absolute atomic E-state index is 0.328. The first-order chi connectivity index (χ1) is 12.1. The van der Waals surface area contributed by atoms with Crippen molar-refractivity contribution in [3.63, 3.8) is 0 Å². The zero-order valence-corrected chi connectivity index (χ0v) is 13.6. The number of hydrogen-bond acceptors (Lipinski definition) is 3. The summed E-state index contributed by atoms with van der Waals surface area (Å²) < 4.78 is 1.09. The normalized spacial score (nSPS) is 10.9. The van der Waals surface area contributed by atoms with Gasteiger partial charge in [-0.2, -0.15) is 0 Å². The zero-order chi connectivity index (χ0) is 17.4. The fourth-order valence-corrected chi connectivity index (χ4v) is 2.97. The molecule has 0 aliphatic carbocycles. The Morgan fingerprint density at radius 1 is 0.880 bits per heavy atom. The lowest BCUT2D eigenvalue weighted by Gasteiger charge is -2.11. The van der Waals surface area contributed by atoms with Crippen molar-refractivity contribution < 1.29 is 0 Å². The molecule has 0 radical (unpaired) electrons. The van der Waals surface area contributed by atoms with E-state index in [0.717, 1.165) is 26.5 Å². The molecule has 25 heavy (non-hydrogen) atoms. The number of benzene rings is 2. The highest BCUT2D eigenvalue weighted by Gasteiger charge is 2.16. The van der Waals surface area contributed by atoms with Gasteiger partial charge in [-0.3, -0.25) is 14.3 Å². The Labute approximate surface area is 143 Å². The summed E-state index contributed by atoms with van der Waals surface area (Å²) in [5, 5.41) is 2.13. The van der Waals surface area contributed by atoms with Crippen molar-refractivity contribution in [2.75, 3.05) is 0 Å². The number of aromatic nitrogens is 3. The van der Waals surface area contributed by atoms with E-state index in [1.807, 2.05) is 42.5 Å². The van der Waals surface area contributed by atoms with E-state index in [4.69, 9.17) is 0 Å². The third-order valence-electron chi connectivity index (χ3n) is 4.31. The summed E-state index contributed by atoms with van der Waals surface area (Å²) >= 11 is 0. The Morgan fingerprint density at radius 2 is 1.60 bits per heavy atom. The summed E-state index contributed by atoms with van der Waals surface area (Å²) in [6.07, 6.45) is 3.27. The first kappa shape index (κ1) is 15.1. The lowest BCUT2D eigenvalue weighted by Crippen LogP contribution is -2.34. The molecule has 0 atom stereocenters. The maximum absolute atomic E-state index is 12.8. The average molecular weight is 329 g/mol. The molecule has 0 amide bonds. The summed E-state index contributed by atoms with van der Waals surface area (Å²) in [5.41, 5.74) is 1.72. The second kappa shape index (κ2) is 5.87. The van der Waals surface area contributed by atoms with E-state index in [1.54, 1.807) is 24.5 Å². The molecule has 0 bridgehead atoms. The smallest absolute Gasteiger partial charge is 0.306 e. The lowest BCUT2D eigenvalue weighted by atomic mass is 9.98. The van der Waals surface area contributed by atoms with E-state index < -0.39 is 5.69 Å². The van der Waals surface area contributed by atoms with Crippen molar-refractivity contribution >= 4 is 10.8 Å². The molecular formula is C20H15N3O2.